The normalized spacial score (nSPS) is 13.1. The average Bonchev–Trinajstić information content (AvgIpc) is 3.70. The fourth-order valence-electron chi connectivity index (χ4n) is 7.28. The van der Waals surface area contributed by atoms with E-state index >= 15 is 0 Å². The molecule has 47 heavy (non-hydrogen) atoms. The van der Waals surface area contributed by atoms with E-state index in [1.807, 2.05) is 0 Å². The topological polar surface area (TPSA) is 29.0 Å². The summed E-state index contributed by atoms with van der Waals surface area (Å²) < 4.78 is 4.82. The molecule has 0 fully saturated rings. The molecule has 1 aliphatic carbocycles. The van der Waals surface area contributed by atoms with Gasteiger partial charge >= 0.3 is 0 Å². The van der Waals surface area contributed by atoms with Gasteiger partial charge in [0, 0.05) is 33.0 Å². The van der Waals surface area contributed by atoms with Crippen LogP contribution in [0.4, 0.5) is 17.1 Å². The van der Waals surface area contributed by atoms with E-state index in [1.165, 1.54) is 55.3 Å². The molecule has 1 heterocycles. The molecule has 0 unspecified atom stereocenters. The molecule has 3 nitrogen and oxygen atoms in total. The molecule has 0 N–H and O–H groups in total. The molecule has 0 spiro atoms. The number of rotatable bonds is 5. The van der Waals surface area contributed by atoms with E-state index in [0.29, 0.717) is 0 Å². The Morgan fingerprint density at radius 3 is 1.81 bits per heavy atom. The Morgan fingerprint density at radius 2 is 1.11 bits per heavy atom. The van der Waals surface area contributed by atoms with Crippen molar-refractivity contribution < 1.29 is 0 Å². The summed E-state index contributed by atoms with van der Waals surface area (Å²) in [6, 6.07) is 54.5. The number of benzene rings is 7. The lowest BCUT2D eigenvalue weighted by atomic mass is 9.82. The van der Waals surface area contributed by atoms with Crippen LogP contribution in [0.3, 0.4) is 0 Å². The molecule has 0 atom stereocenters. The minimum absolute atomic E-state index is 0.0151. The fourth-order valence-corrected chi connectivity index (χ4v) is 7.97. The Bertz CT molecular complexity index is 2370. The Balaban J connectivity index is 1.11. The van der Waals surface area contributed by atoms with Crippen LogP contribution in [0.15, 0.2) is 152 Å². The fraction of sp³-hybridized carbons (Fsp3) is 0.0698. The summed E-state index contributed by atoms with van der Waals surface area (Å²) in [5, 5.41) is 5.76. The van der Waals surface area contributed by atoms with Gasteiger partial charge in [0.1, 0.15) is 5.01 Å². The van der Waals surface area contributed by atoms with E-state index < -0.39 is 0 Å². The molecule has 8 aromatic rings. The highest BCUT2D eigenvalue weighted by molar-refractivity contribution is 7.09. The number of aromatic nitrogens is 2. The van der Waals surface area contributed by atoms with E-state index in [4.69, 9.17) is 9.36 Å². The number of hydrogen-bond acceptors (Lipinski definition) is 4. The lowest BCUT2D eigenvalue weighted by Crippen LogP contribution is -2.14. The van der Waals surface area contributed by atoms with Gasteiger partial charge in [-0.05, 0) is 87.0 Å². The van der Waals surface area contributed by atoms with Gasteiger partial charge in [0.25, 0.3) is 0 Å². The molecule has 0 saturated heterocycles. The van der Waals surface area contributed by atoms with Gasteiger partial charge in [-0.1, -0.05) is 123 Å². The maximum Gasteiger partial charge on any atom is 0.173 e. The summed E-state index contributed by atoms with van der Waals surface area (Å²) in [4.78, 5) is 7.41. The predicted molar refractivity (Wildman–Crippen MR) is 198 cm³/mol. The largest absolute Gasteiger partial charge is 0.309 e. The summed E-state index contributed by atoms with van der Waals surface area (Å²) in [6.07, 6.45) is 0. The summed E-state index contributed by atoms with van der Waals surface area (Å²) in [6.45, 7) is 4.61. The van der Waals surface area contributed by atoms with Gasteiger partial charge in [-0.2, -0.15) is 4.37 Å². The highest BCUT2D eigenvalue weighted by Crippen LogP contribution is 2.49. The third-order valence-corrected chi connectivity index (χ3v) is 10.4. The molecule has 4 heteroatoms. The Labute approximate surface area is 278 Å². The number of fused-ring (bicyclic) bond motifs is 5. The minimum atomic E-state index is -0.0151. The summed E-state index contributed by atoms with van der Waals surface area (Å²) in [5.74, 6) is 0.771. The van der Waals surface area contributed by atoms with Crippen molar-refractivity contribution in [1.82, 2.24) is 9.36 Å². The van der Waals surface area contributed by atoms with Crippen molar-refractivity contribution >= 4 is 50.1 Å². The quantitative estimate of drug-likeness (QED) is 0.191. The molecule has 1 aromatic heterocycles. The van der Waals surface area contributed by atoms with Crippen LogP contribution in [0.5, 0.6) is 0 Å². The van der Waals surface area contributed by atoms with E-state index in [9.17, 15) is 0 Å². The third kappa shape index (κ3) is 4.48. The monoisotopic (exact) mass is 621 g/mol. The lowest BCUT2D eigenvalue weighted by Gasteiger charge is -2.28. The molecule has 9 rings (SSSR count). The molecule has 0 amide bonds. The molecular weight excluding hydrogens is 591 g/mol. The van der Waals surface area contributed by atoms with Crippen LogP contribution in [0.1, 0.15) is 25.0 Å². The first-order valence-corrected chi connectivity index (χ1v) is 16.8. The first-order valence-electron chi connectivity index (χ1n) is 16.0. The van der Waals surface area contributed by atoms with Crippen LogP contribution >= 0.6 is 11.5 Å². The van der Waals surface area contributed by atoms with Crippen molar-refractivity contribution in [1.29, 1.82) is 0 Å². The number of nitrogens with zero attached hydrogens (tertiary/aromatic N) is 3. The second kappa shape index (κ2) is 10.8. The molecule has 224 valence electrons. The van der Waals surface area contributed by atoms with Gasteiger partial charge in [0.05, 0.1) is 11.4 Å². The van der Waals surface area contributed by atoms with Crippen LogP contribution in [-0.2, 0) is 5.41 Å². The van der Waals surface area contributed by atoms with Gasteiger partial charge in [0.15, 0.2) is 5.82 Å². The van der Waals surface area contributed by atoms with Gasteiger partial charge in [-0.3, -0.25) is 0 Å². The Morgan fingerprint density at radius 1 is 0.532 bits per heavy atom. The van der Waals surface area contributed by atoms with Gasteiger partial charge in [-0.25, -0.2) is 4.98 Å². The van der Waals surface area contributed by atoms with E-state index in [0.717, 1.165) is 39.0 Å². The smallest absolute Gasteiger partial charge is 0.173 e. The van der Waals surface area contributed by atoms with Crippen molar-refractivity contribution in [2.75, 3.05) is 4.90 Å². The third-order valence-electron chi connectivity index (χ3n) is 9.66. The molecule has 1 aliphatic rings. The van der Waals surface area contributed by atoms with Crippen LogP contribution in [0.2, 0.25) is 0 Å². The SMILES string of the molecule is CC1(C)c2ccccc2-c2cc(-c3nsc(-c4ccc(N(c5cccc6ccccc56)c5cccc6ccccc56)cc4)n3)ccc21. The van der Waals surface area contributed by atoms with E-state index in [1.54, 1.807) is 0 Å². The van der Waals surface area contributed by atoms with Crippen LogP contribution in [0, 0.1) is 0 Å². The summed E-state index contributed by atoms with van der Waals surface area (Å²) >= 11 is 1.45. The zero-order chi connectivity index (χ0) is 31.5. The first-order chi connectivity index (χ1) is 23.1. The first kappa shape index (κ1) is 27.7. The van der Waals surface area contributed by atoms with Crippen molar-refractivity contribution in [3.63, 3.8) is 0 Å². The number of hydrogen-bond donors (Lipinski definition) is 0. The minimum Gasteiger partial charge on any atom is -0.309 e. The van der Waals surface area contributed by atoms with Crippen molar-refractivity contribution in [3.05, 3.63) is 163 Å². The van der Waals surface area contributed by atoms with Gasteiger partial charge in [-0.15, -0.1) is 0 Å². The zero-order valence-corrected chi connectivity index (χ0v) is 27.0. The Kier molecular flexibility index (Phi) is 6.34. The van der Waals surface area contributed by atoms with Gasteiger partial charge in [0.2, 0.25) is 0 Å². The standard InChI is InChI=1S/C43H31N3S/c1-43(2)37-18-8-7-17-35(37)36-27-31(23-26-38(36)43)41-44-42(47-45-41)30-21-24-32(25-22-30)46(39-19-9-13-28-11-3-5-15-33(28)39)40-20-10-14-29-12-4-6-16-34(29)40/h3-27H,1-2H3. The molecule has 0 radical (unpaired) electrons. The van der Waals surface area contributed by atoms with Crippen LogP contribution in [0.25, 0.3) is 54.6 Å². The Hall–Kier alpha value is -5.58. The zero-order valence-electron chi connectivity index (χ0n) is 26.2. The van der Waals surface area contributed by atoms with E-state index in [-0.39, 0.29) is 5.41 Å². The van der Waals surface area contributed by atoms with Crippen LogP contribution < -0.4 is 4.90 Å². The molecule has 0 saturated carbocycles. The molecule has 0 bridgehead atoms. The van der Waals surface area contributed by atoms with Crippen molar-refractivity contribution in [3.8, 4) is 33.1 Å². The maximum atomic E-state index is 5.04. The molecular formula is C43H31N3S. The summed E-state index contributed by atoms with van der Waals surface area (Å²) in [5.41, 5.74) is 10.8. The lowest BCUT2D eigenvalue weighted by molar-refractivity contribution is 0.660. The highest BCUT2D eigenvalue weighted by Gasteiger charge is 2.35. The van der Waals surface area contributed by atoms with Gasteiger partial charge < -0.3 is 4.90 Å². The summed E-state index contributed by atoms with van der Waals surface area (Å²) in [7, 11) is 0. The second-order valence-corrected chi connectivity index (χ2v) is 13.5. The second-order valence-electron chi connectivity index (χ2n) is 12.7. The number of anilines is 3. The molecule has 7 aromatic carbocycles. The van der Waals surface area contributed by atoms with Crippen molar-refractivity contribution in [2.45, 2.75) is 19.3 Å². The molecule has 0 aliphatic heterocycles. The average molecular weight is 622 g/mol. The maximum absolute atomic E-state index is 5.04. The predicted octanol–water partition coefficient (Wildman–Crippen LogP) is 12.0. The van der Waals surface area contributed by atoms with Crippen LogP contribution in [-0.4, -0.2) is 9.36 Å². The van der Waals surface area contributed by atoms with E-state index in [2.05, 4.69) is 170 Å². The highest BCUT2D eigenvalue weighted by atomic mass is 32.1. The van der Waals surface area contributed by atoms with Crippen molar-refractivity contribution in [2.24, 2.45) is 0 Å².